The number of hydroxylamine groups is 2. The highest BCUT2D eigenvalue weighted by Crippen LogP contribution is 2.25. The van der Waals surface area contributed by atoms with Crippen LogP contribution >= 0.6 is 11.6 Å². The number of carbonyl (C=O) groups is 2. The van der Waals surface area contributed by atoms with E-state index < -0.39 is 11.8 Å². The van der Waals surface area contributed by atoms with Crippen LogP contribution in [-0.2, 0) is 11.4 Å². The average Bonchev–Trinajstić information content (AvgIpc) is 3.20. The van der Waals surface area contributed by atoms with Crippen molar-refractivity contribution in [2.45, 2.75) is 6.54 Å². The number of benzene rings is 2. The summed E-state index contributed by atoms with van der Waals surface area (Å²) in [5, 5.41) is 8.49. The molecule has 3 rings (SSSR count). The molecule has 0 bridgehead atoms. The van der Waals surface area contributed by atoms with Crippen molar-refractivity contribution >= 4 is 29.2 Å². The number of hydrogen-bond donors (Lipinski definition) is 1. The summed E-state index contributed by atoms with van der Waals surface area (Å²) in [6.07, 6.45) is 0. The van der Waals surface area contributed by atoms with E-state index in [1.54, 1.807) is 19.2 Å². The van der Waals surface area contributed by atoms with Gasteiger partial charge in [0.1, 0.15) is 17.2 Å². The van der Waals surface area contributed by atoms with Crippen LogP contribution in [0.15, 0.2) is 48.5 Å². The summed E-state index contributed by atoms with van der Waals surface area (Å²) in [6, 6.07) is 13.5. The van der Waals surface area contributed by atoms with Crippen molar-refractivity contribution in [2.24, 2.45) is 0 Å². The van der Waals surface area contributed by atoms with Gasteiger partial charge in [0, 0.05) is 18.7 Å². The van der Waals surface area contributed by atoms with E-state index in [4.69, 9.17) is 25.9 Å². The second-order valence-corrected chi connectivity index (χ2v) is 7.12. The first-order chi connectivity index (χ1) is 15.4. The van der Waals surface area contributed by atoms with E-state index in [0.717, 1.165) is 16.4 Å². The zero-order chi connectivity index (χ0) is 23.3. The number of nitrogens with one attached hydrogen (secondary N) is 1. The molecule has 32 heavy (non-hydrogen) atoms. The molecule has 0 fully saturated rings. The Balaban J connectivity index is 1.88. The van der Waals surface area contributed by atoms with E-state index in [-0.39, 0.29) is 11.5 Å². The molecule has 0 unspecified atom stereocenters. The number of hydrogen-bond acceptors (Lipinski definition) is 6. The molecule has 10 heteroatoms. The van der Waals surface area contributed by atoms with E-state index >= 15 is 0 Å². The summed E-state index contributed by atoms with van der Waals surface area (Å²) in [7, 11) is 5.96. The first-order valence-electron chi connectivity index (χ1n) is 9.54. The van der Waals surface area contributed by atoms with Gasteiger partial charge in [0.2, 0.25) is 0 Å². The van der Waals surface area contributed by atoms with Crippen LogP contribution in [0.4, 0.5) is 5.82 Å². The molecule has 2 amide bonds. The highest BCUT2D eigenvalue weighted by Gasteiger charge is 2.21. The molecule has 0 saturated carbocycles. The van der Waals surface area contributed by atoms with Gasteiger partial charge in [-0.2, -0.15) is 5.10 Å². The Morgan fingerprint density at radius 2 is 1.78 bits per heavy atom. The Morgan fingerprint density at radius 1 is 1.06 bits per heavy atom. The minimum atomic E-state index is -0.428. The fourth-order valence-electron chi connectivity index (χ4n) is 2.91. The lowest BCUT2D eigenvalue weighted by molar-refractivity contribution is -0.0763. The quantitative estimate of drug-likeness (QED) is 0.519. The predicted octanol–water partition coefficient (Wildman–Crippen LogP) is 3.49. The monoisotopic (exact) mass is 458 g/mol. The molecular formula is C22H23ClN4O5. The lowest BCUT2D eigenvalue weighted by atomic mass is 10.2. The third kappa shape index (κ3) is 5.19. The Kier molecular flexibility index (Phi) is 7.34. The molecule has 1 aromatic heterocycles. The summed E-state index contributed by atoms with van der Waals surface area (Å²) < 4.78 is 11.8. The third-order valence-electron chi connectivity index (χ3n) is 4.71. The molecule has 0 aliphatic rings. The molecule has 3 aromatic rings. The minimum Gasteiger partial charge on any atom is -0.497 e. The number of amides is 2. The lowest BCUT2D eigenvalue weighted by Gasteiger charge is -2.14. The normalized spacial score (nSPS) is 10.5. The van der Waals surface area contributed by atoms with Gasteiger partial charge >= 0.3 is 0 Å². The van der Waals surface area contributed by atoms with Crippen LogP contribution in [-0.4, -0.2) is 55.0 Å². The molecular weight excluding hydrogens is 436 g/mol. The second kappa shape index (κ2) is 10.2. The standard InChI is InChI=1S/C22H23ClN4O5/c1-26(32-4)22(29)18-12-20(24-21(28)15-7-10-19(31-3)17(23)11-15)25-27(18)13-14-5-8-16(30-2)9-6-14/h5-12H,13H2,1-4H3,(H,24,25,28). The highest BCUT2D eigenvalue weighted by atomic mass is 35.5. The van der Waals surface area contributed by atoms with Crippen LogP contribution in [0.2, 0.25) is 5.02 Å². The van der Waals surface area contributed by atoms with Gasteiger partial charge in [0.15, 0.2) is 5.82 Å². The van der Waals surface area contributed by atoms with Crippen LogP contribution in [0.5, 0.6) is 11.5 Å². The maximum atomic E-state index is 12.7. The van der Waals surface area contributed by atoms with Gasteiger partial charge < -0.3 is 14.8 Å². The first-order valence-corrected chi connectivity index (χ1v) is 9.92. The molecule has 0 aliphatic heterocycles. The van der Waals surface area contributed by atoms with Gasteiger partial charge in [-0.3, -0.25) is 19.1 Å². The van der Waals surface area contributed by atoms with E-state index in [1.807, 2.05) is 24.3 Å². The molecule has 0 spiro atoms. The Labute approximate surface area is 190 Å². The summed E-state index contributed by atoms with van der Waals surface area (Å²) >= 11 is 6.11. The third-order valence-corrected chi connectivity index (χ3v) is 5.00. The SMILES string of the molecule is COc1ccc(Cn2nc(NC(=O)c3ccc(OC)c(Cl)c3)cc2C(=O)N(C)OC)cc1. The van der Waals surface area contributed by atoms with Gasteiger partial charge in [-0.15, -0.1) is 0 Å². The van der Waals surface area contributed by atoms with Crippen molar-refractivity contribution in [3.8, 4) is 11.5 Å². The summed E-state index contributed by atoms with van der Waals surface area (Å²) in [6.45, 7) is 0.298. The molecule has 0 saturated heterocycles. The Bertz CT molecular complexity index is 1110. The van der Waals surface area contributed by atoms with Gasteiger partial charge in [-0.25, -0.2) is 5.06 Å². The van der Waals surface area contributed by atoms with Crippen LogP contribution < -0.4 is 14.8 Å². The second-order valence-electron chi connectivity index (χ2n) is 6.71. The fourth-order valence-corrected chi connectivity index (χ4v) is 3.17. The van der Waals surface area contributed by atoms with Crippen molar-refractivity contribution < 1.29 is 23.9 Å². The van der Waals surface area contributed by atoms with Crippen molar-refractivity contribution in [3.05, 3.63) is 70.4 Å². The van der Waals surface area contributed by atoms with Crippen molar-refractivity contribution in [1.29, 1.82) is 0 Å². The summed E-state index contributed by atoms with van der Waals surface area (Å²) in [4.78, 5) is 30.4. The molecule has 0 radical (unpaired) electrons. The molecule has 0 aliphatic carbocycles. The van der Waals surface area contributed by atoms with Crippen molar-refractivity contribution in [3.63, 3.8) is 0 Å². The lowest BCUT2D eigenvalue weighted by Crippen LogP contribution is -2.28. The Hall–Kier alpha value is -3.56. The van der Waals surface area contributed by atoms with Crippen molar-refractivity contribution in [1.82, 2.24) is 14.8 Å². The fraction of sp³-hybridized carbons (Fsp3) is 0.227. The van der Waals surface area contributed by atoms with E-state index in [1.165, 1.54) is 38.1 Å². The first kappa shape index (κ1) is 23.1. The molecule has 0 atom stereocenters. The van der Waals surface area contributed by atoms with Gasteiger partial charge in [-0.05, 0) is 35.9 Å². The van der Waals surface area contributed by atoms with E-state index in [9.17, 15) is 9.59 Å². The summed E-state index contributed by atoms with van der Waals surface area (Å²) in [5.41, 5.74) is 1.46. The molecule has 9 nitrogen and oxygen atoms in total. The minimum absolute atomic E-state index is 0.211. The van der Waals surface area contributed by atoms with Crippen LogP contribution in [0.25, 0.3) is 0 Å². The van der Waals surface area contributed by atoms with Gasteiger partial charge in [-0.1, -0.05) is 23.7 Å². The maximum Gasteiger partial charge on any atom is 0.295 e. The molecule has 168 valence electrons. The molecule has 1 N–H and O–H groups in total. The highest BCUT2D eigenvalue weighted by molar-refractivity contribution is 6.32. The van der Waals surface area contributed by atoms with E-state index in [0.29, 0.717) is 22.9 Å². The molecule has 1 heterocycles. The van der Waals surface area contributed by atoms with Crippen LogP contribution in [0, 0.1) is 0 Å². The average molecular weight is 459 g/mol. The maximum absolute atomic E-state index is 12.7. The smallest absolute Gasteiger partial charge is 0.295 e. The molecule has 2 aromatic carbocycles. The van der Waals surface area contributed by atoms with Gasteiger partial charge in [0.25, 0.3) is 11.8 Å². The van der Waals surface area contributed by atoms with Crippen LogP contribution in [0.1, 0.15) is 26.4 Å². The number of anilines is 1. The number of ether oxygens (including phenoxy) is 2. The van der Waals surface area contributed by atoms with E-state index in [2.05, 4.69) is 10.4 Å². The van der Waals surface area contributed by atoms with Crippen LogP contribution in [0.3, 0.4) is 0 Å². The topological polar surface area (TPSA) is 94.9 Å². The number of nitrogens with zero attached hydrogens (tertiary/aromatic N) is 3. The van der Waals surface area contributed by atoms with Gasteiger partial charge in [0.05, 0.1) is 32.9 Å². The number of methoxy groups -OCH3 is 2. The summed E-state index contributed by atoms with van der Waals surface area (Å²) in [5.74, 6) is 0.547. The number of aromatic nitrogens is 2. The largest absolute Gasteiger partial charge is 0.497 e. The zero-order valence-electron chi connectivity index (χ0n) is 18.1. The number of halogens is 1. The predicted molar refractivity (Wildman–Crippen MR) is 119 cm³/mol. The zero-order valence-corrected chi connectivity index (χ0v) is 18.8. The Morgan fingerprint density at radius 3 is 2.38 bits per heavy atom. The number of carbonyl (C=O) groups excluding carboxylic acids is 2. The van der Waals surface area contributed by atoms with Crippen molar-refractivity contribution in [2.75, 3.05) is 33.7 Å². The number of rotatable bonds is 8.